The van der Waals surface area contributed by atoms with E-state index in [9.17, 15) is 0 Å². The summed E-state index contributed by atoms with van der Waals surface area (Å²) in [5, 5.41) is 3.66. The molecule has 1 aliphatic rings. The van der Waals surface area contributed by atoms with Crippen LogP contribution in [-0.4, -0.2) is 20.8 Å². The summed E-state index contributed by atoms with van der Waals surface area (Å²) in [7, 11) is 3.39. The van der Waals surface area contributed by atoms with Gasteiger partial charge < -0.3 is 14.8 Å². The highest BCUT2D eigenvalue weighted by atomic mass is 16.5. The molecule has 3 nitrogen and oxygen atoms in total. The summed E-state index contributed by atoms with van der Waals surface area (Å²) in [5.41, 5.74) is 1.19. The van der Waals surface area contributed by atoms with Gasteiger partial charge in [-0.3, -0.25) is 0 Å². The Balaban J connectivity index is 1.99. The minimum atomic E-state index is 0.295. The lowest BCUT2D eigenvalue weighted by Gasteiger charge is -2.22. The lowest BCUT2D eigenvalue weighted by molar-refractivity contribution is 0.362. The van der Waals surface area contributed by atoms with E-state index < -0.39 is 0 Å². The van der Waals surface area contributed by atoms with Gasteiger partial charge >= 0.3 is 0 Å². The van der Waals surface area contributed by atoms with Gasteiger partial charge in [0.05, 0.1) is 14.2 Å². The van der Waals surface area contributed by atoms with Gasteiger partial charge in [-0.15, -0.1) is 0 Å². The summed E-state index contributed by atoms with van der Waals surface area (Å²) in [6, 6.07) is 6.33. The standard InChI is InChI=1S/C17H27NO2/c1-12-6-5-7-14(12)11-18-13(2)16-9-8-15(19-3)10-17(16)20-4/h8-10,12-14,18H,5-7,11H2,1-4H3. The first kappa shape index (κ1) is 15.2. The summed E-state index contributed by atoms with van der Waals surface area (Å²) < 4.78 is 10.7. The van der Waals surface area contributed by atoms with Crippen LogP contribution in [0, 0.1) is 11.8 Å². The molecule has 2 rings (SSSR count). The third-order valence-corrected chi connectivity index (χ3v) is 4.63. The SMILES string of the molecule is COc1ccc(C(C)NCC2CCCC2C)c(OC)c1. The van der Waals surface area contributed by atoms with E-state index in [1.165, 1.54) is 24.8 Å². The van der Waals surface area contributed by atoms with Crippen LogP contribution in [0.2, 0.25) is 0 Å². The van der Waals surface area contributed by atoms with Crippen LogP contribution in [0.25, 0.3) is 0 Å². The predicted molar refractivity (Wildman–Crippen MR) is 82.5 cm³/mol. The Morgan fingerprint density at radius 1 is 1.25 bits per heavy atom. The van der Waals surface area contributed by atoms with Gasteiger partial charge in [-0.1, -0.05) is 25.8 Å². The molecule has 1 saturated carbocycles. The van der Waals surface area contributed by atoms with Crippen LogP contribution in [0.5, 0.6) is 11.5 Å². The van der Waals surface area contributed by atoms with Gasteiger partial charge in [-0.2, -0.15) is 0 Å². The van der Waals surface area contributed by atoms with Crippen molar-refractivity contribution in [1.82, 2.24) is 5.32 Å². The zero-order valence-corrected chi connectivity index (χ0v) is 13.1. The highest BCUT2D eigenvalue weighted by Crippen LogP contribution is 2.32. The number of rotatable bonds is 6. The van der Waals surface area contributed by atoms with Gasteiger partial charge in [0.1, 0.15) is 11.5 Å². The van der Waals surface area contributed by atoms with E-state index in [0.29, 0.717) is 6.04 Å². The average molecular weight is 277 g/mol. The number of nitrogens with one attached hydrogen (secondary N) is 1. The molecule has 3 unspecified atom stereocenters. The van der Waals surface area contributed by atoms with Crippen LogP contribution in [0.1, 0.15) is 44.7 Å². The monoisotopic (exact) mass is 277 g/mol. The number of ether oxygens (including phenoxy) is 2. The molecule has 0 heterocycles. The Labute approximate surface area is 122 Å². The first-order valence-corrected chi connectivity index (χ1v) is 7.61. The number of methoxy groups -OCH3 is 2. The van der Waals surface area contributed by atoms with E-state index in [0.717, 1.165) is 29.9 Å². The highest BCUT2D eigenvalue weighted by molar-refractivity contribution is 5.42. The number of benzene rings is 1. The minimum absolute atomic E-state index is 0.295. The number of hydrogen-bond donors (Lipinski definition) is 1. The molecule has 1 fully saturated rings. The van der Waals surface area contributed by atoms with Gasteiger partial charge in [0.15, 0.2) is 0 Å². The third kappa shape index (κ3) is 3.45. The summed E-state index contributed by atoms with van der Waals surface area (Å²) in [4.78, 5) is 0. The van der Waals surface area contributed by atoms with Gasteiger partial charge in [-0.25, -0.2) is 0 Å². The van der Waals surface area contributed by atoms with Crippen molar-refractivity contribution in [2.45, 2.75) is 39.2 Å². The van der Waals surface area contributed by atoms with E-state index in [4.69, 9.17) is 9.47 Å². The van der Waals surface area contributed by atoms with Crippen molar-refractivity contribution in [1.29, 1.82) is 0 Å². The molecule has 1 N–H and O–H groups in total. The fourth-order valence-electron chi connectivity index (χ4n) is 3.14. The predicted octanol–water partition coefficient (Wildman–Crippen LogP) is 3.79. The fourth-order valence-corrected chi connectivity index (χ4v) is 3.14. The molecule has 0 radical (unpaired) electrons. The molecule has 0 saturated heterocycles. The van der Waals surface area contributed by atoms with Crippen molar-refractivity contribution in [2.75, 3.05) is 20.8 Å². The van der Waals surface area contributed by atoms with Gasteiger partial charge in [0.25, 0.3) is 0 Å². The summed E-state index contributed by atoms with van der Waals surface area (Å²) in [5.74, 6) is 3.40. The molecule has 0 aliphatic heterocycles. The molecule has 20 heavy (non-hydrogen) atoms. The molecule has 3 heteroatoms. The first-order valence-electron chi connectivity index (χ1n) is 7.61. The molecular formula is C17H27NO2. The average Bonchev–Trinajstić information content (AvgIpc) is 2.89. The second kappa shape index (κ2) is 6.98. The molecule has 3 atom stereocenters. The Hall–Kier alpha value is -1.22. The smallest absolute Gasteiger partial charge is 0.127 e. The van der Waals surface area contributed by atoms with Crippen molar-refractivity contribution in [3.63, 3.8) is 0 Å². The van der Waals surface area contributed by atoms with Crippen LogP contribution >= 0.6 is 0 Å². The maximum Gasteiger partial charge on any atom is 0.127 e. The van der Waals surface area contributed by atoms with Gasteiger partial charge in [0, 0.05) is 17.7 Å². The van der Waals surface area contributed by atoms with Crippen molar-refractivity contribution < 1.29 is 9.47 Å². The fraction of sp³-hybridized carbons (Fsp3) is 0.647. The Morgan fingerprint density at radius 3 is 2.65 bits per heavy atom. The van der Waals surface area contributed by atoms with Crippen LogP contribution in [0.3, 0.4) is 0 Å². The summed E-state index contributed by atoms with van der Waals surface area (Å²) >= 11 is 0. The zero-order chi connectivity index (χ0) is 14.5. The largest absolute Gasteiger partial charge is 0.497 e. The minimum Gasteiger partial charge on any atom is -0.497 e. The van der Waals surface area contributed by atoms with E-state index in [1.54, 1.807) is 14.2 Å². The van der Waals surface area contributed by atoms with Gasteiger partial charge in [0.2, 0.25) is 0 Å². The van der Waals surface area contributed by atoms with E-state index in [-0.39, 0.29) is 0 Å². The Kier molecular flexibility index (Phi) is 5.30. The van der Waals surface area contributed by atoms with E-state index in [1.807, 2.05) is 12.1 Å². The molecule has 0 amide bonds. The maximum atomic E-state index is 5.48. The first-order chi connectivity index (χ1) is 9.65. The van der Waals surface area contributed by atoms with Gasteiger partial charge in [-0.05, 0) is 37.8 Å². The molecule has 0 aromatic heterocycles. The Bertz CT molecular complexity index is 433. The number of hydrogen-bond acceptors (Lipinski definition) is 3. The normalized spacial score (nSPS) is 23.6. The zero-order valence-electron chi connectivity index (χ0n) is 13.1. The molecule has 112 valence electrons. The molecular weight excluding hydrogens is 250 g/mol. The van der Waals surface area contributed by atoms with Crippen LogP contribution in [-0.2, 0) is 0 Å². The molecule has 0 spiro atoms. The van der Waals surface area contributed by atoms with Crippen molar-refractivity contribution in [3.05, 3.63) is 23.8 Å². The van der Waals surface area contributed by atoms with Crippen LogP contribution in [0.4, 0.5) is 0 Å². The topological polar surface area (TPSA) is 30.5 Å². The quantitative estimate of drug-likeness (QED) is 0.858. The van der Waals surface area contributed by atoms with E-state index >= 15 is 0 Å². The highest BCUT2D eigenvalue weighted by Gasteiger charge is 2.23. The van der Waals surface area contributed by atoms with Crippen molar-refractivity contribution in [2.24, 2.45) is 11.8 Å². The molecule has 1 aromatic carbocycles. The van der Waals surface area contributed by atoms with Crippen molar-refractivity contribution in [3.8, 4) is 11.5 Å². The molecule has 1 aromatic rings. The third-order valence-electron chi connectivity index (χ3n) is 4.63. The summed E-state index contributed by atoms with van der Waals surface area (Å²) in [6.45, 7) is 5.67. The van der Waals surface area contributed by atoms with Crippen LogP contribution in [0.15, 0.2) is 18.2 Å². The lowest BCUT2D eigenvalue weighted by atomic mass is 9.97. The summed E-state index contributed by atoms with van der Waals surface area (Å²) in [6.07, 6.45) is 4.13. The maximum absolute atomic E-state index is 5.48. The lowest BCUT2D eigenvalue weighted by Crippen LogP contribution is -2.27. The van der Waals surface area contributed by atoms with Crippen LogP contribution < -0.4 is 14.8 Å². The van der Waals surface area contributed by atoms with Crippen molar-refractivity contribution >= 4 is 0 Å². The second-order valence-corrected chi connectivity index (χ2v) is 5.91. The van der Waals surface area contributed by atoms with E-state index in [2.05, 4.69) is 25.2 Å². The molecule has 1 aliphatic carbocycles. The Morgan fingerprint density at radius 2 is 2.05 bits per heavy atom. The second-order valence-electron chi connectivity index (χ2n) is 5.91. The molecule has 0 bridgehead atoms.